The molecule has 0 aromatic heterocycles. The molecule has 0 amide bonds. The van der Waals surface area contributed by atoms with Crippen molar-refractivity contribution < 1.29 is 18.3 Å². The molecule has 1 rings (SSSR count). The maximum atomic E-state index is 14.0. The van der Waals surface area contributed by atoms with Gasteiger partial charge in [0.1, 0.15) is 17.3 Å². The summed E-state index contributed by atoms with van der Waals surface area (Å²) in [5.41, 5.74) is 5.75. The highest BCUT2D eigenvalue weighted by Gasteiger charge is 2.17. The number of hydrogen-bond donors (Lipinski definition) is 1. The first kappa shape index (κ1) is 15.8. The van der Waals surface area contributed by atoms with Crippen molar-refractivity contribution in [2.24, 2.45) is 5.73 Å². The van der Waals surface area contributed by atoms with Crippen LogP contribution in [0.3, 0.4) is 0 Å². The van der Waals surface area contributed by atoms with E-state index in [1.54, 1.807) is 19.1 Å². The maximum Gasteiger partial charge on any atom is 0.149 e. The molecule has 19 heavy (non-hydrogen) atoms. The summed E-state index contributed by atoms with van der Waals surface area (Å²) in [7, 11) is 3.08. The number of anilines is 1. The molecular weight excluding hydrogens is 254 g/mol. The Labute approximate surface area is 112 Å². The molecule has 4 nitrogen and oxygen atoms in total. The van der Waals surface area contributed by atoms with Gasteiger partial charge in [0.15, 0.2) is 0 Å². The van der Waals surface area contributed by atoms with Crippen molar-refractivity contribution in [3.8, 4) is 0 Å². The minimum absolute atomic E-state index is 0.0636. The van der Waals surface area contributed by atoms with E-state index in [2.05, 4.69) is 0 Å². The number of nitrogens with two attached hydrogens (primary N) is 1. The van der Waals surface area contributed by atoms with Crippen LogP contribution in [0.5, 0.6) is 0 Å². The third-order valence-electron chi connectivity index (χ3n) is 2.76. The molecule has 0 aliphatic carbocycles. The van der Waals surface area contributed by atoms with Crippen molar-refractivity contribution in [3.05, 3.63) is 29.3 Å². The lowest BCUT2D eigenvalue weighted by molar-refractivity contribution is 0.189. The molecule has 0 fully saturated rings. The van der Waals surface area contributed by atoms with Gasteiger partial charge in [-0.1, -0.05) is 0 Å². The van der Waals surface area contributed by atoms with Gasteiger partial charge >= 0.3 is 0 Å². The van der Waals surface area contributed by atoms with Crippen LogP contribution in [0.25, 0.3) is 0 Å². The molecule has 1 aromatic rings. The molecule has 0 saturated carbocycles. The summed E-state index contributed by atoms with van der Waals surface area (Å²) in [5, 5.41) is 0. The topological polar surface area (TPSA) is 47.7 Å². The molecule has 0 atom stereocenters. The molecule has 0 aliphatic heterocycles. The first-order chi connectivity index (χ1) is 9.13. The van der Waals surface area contributed by atoms with Crippen LogP contribution in [-0.4, -0.2) is 40.5 Å². The Morgan fingerprint density at radius 2 is 1.53 bits per heavy atom. The number of rotatable bonds is 8. The van der Waals surface area contributed by atoms with E-state index < -0.39 is 11.6 Å². The van der Waals surface area contributed by atoms with Crippen LogP contribution >= 0.6 is 0 Å². The van der Waals surface area contributed by atoms with Crippen LogP contribution in [0.4, 0.5) is 14.5 Å². The van der Waals surface area contributed by atoms with E-state index in [4.69, 9.17) is 15.2 Å². The number of hydrogen-bond acceptors (Lipinski definition) is 4. The van der Waals surface area contributed by atoms with Gasteiger partial charge in [-0.3, -0.25) is 0 Å². The number of methoxy groups -OCH3 is 2. The van der Waals surface area contributed by atoms with Gasteiger partial charge in [0, 0.05) is 33.9 Å². The standard InChI is InChI=1S/C13H20F2N2O2/c1-18-5-3-17(4-6-19-2)13-11(14)7-10(9-16)8-12(13)15/h7-8H,3-6,9,16H2,1-2H3. The summed E-state index contributed by atoms with van der Waals surface area (Å²) in [4.78, 5) is 1.57. The summed E-state index contributed by atoms with van der Waals surface area (Å²) >= 11 is 0. The van der Waals surface area contributed by atoms with E-state index in [0.29, 0.717) is 31.9 Å². The van der Waals surface area contributed by atoms with Crippen molar-refractivity contribution in [3.63, 3.8) is 0 Å². The van der Waals surface area contributed by atoms with Crippen molar-refractivity contribution in [1.82, 2.24) is 0 Å². The number of ether oxygens (including phenoxy) is 2. The molecular formula is C13H20F2N2O2. The first-order valence-corrected chi connectivity index (χ1v) is 6.04. The molecule has 0 bridgehead atoms. The van der Waals surface area contributed by atoms with Crippen LogP contribution in [0, 0.1) is 11.6 Å². The van der Waals surface area contributed by atoms with Crippen LogP contribution in [0.15, 0.2) is 12.1 Å². The predicted octanol–water partition coefficient (Wildman–Crippen LogP) is 1.52. The highest BCUT2D eigenvalue weighted by atomic mass is 19.1. The Morgan fingerprint density at radius 1 is 1.05 bits per heavy atom. The van der Waals surface area contributed by atoms with Crippen molar-refractivity contribution in [2.45, 2.75) is 6.54 Å². The van der Waals surface area contributed by atoms with Crippen molar-refractivity contribution in [2.75, 3.05) is 45.4 Å². The Morgan fingerprint density at radius 3 is 1.89 bits per heavy atom. The monoisotopic (exact) mass is 274 g/mol. The summed E-state index contributed by atoms with van der Waals surface area (Å²) in [6, 6.07) is 2.51. The van der Waals surface area contributed by atoms with Gasteiger partial charge in [-0.15, -0.1) is 0 Å². The molecule has 0 heterocycles. The van der Waals surface area contributed by atoms with Gasteiger partial charge in [-0.2, -0.15) is 0 Å². The van der Waals surface area contributed by atoms with E-state index in [1.807, 2.05) is 0 Å². The van der Waals surface area contributed by atoms with Crippen LogP contribution in [0.1, 0.15) is 5.56 Å². The van der Waals surface area contributed by atoms with Gasteiger partial charge in [-0.05, 0) is 17.7 Å². The normalized spacial score (nSPS) is 10.8. The minimum Gasteiger partial charge on any atom is -0.383 e. The Bertz CT molecular complexity index is 371. The van der Waals surface area contributed by atoms with Crippen molar-refractivity contribution in [1.29, 1.82) is 0 Å². The number of halogens is 2. The van der Waals surface area contributed by atoms with Crippen molar-refractivity contribution >= 4 is 5.69 Å². The molecule has 0 aliphatic rings. The highest BCUT2D eigenvalue weighted by Crippen LogP contribution is 2.24. The average molecular weight is 274 g/mol. The second-order valence-electron chi connectivity index (χ2n) is 4.08. The summed E-state index contributed by atoms with van der Waals surface area (Å²) in [6.45, 7) is 1.62. The fourth-order valence-corrected chi connectivity index (χ4v) is 1.78. The Hall–Kier alpha value is -1.24. The largest absolute Gasteiger partial charge is 0.383 e. The lowest BCUT2D eigenvalue weighted by Crippen LogP contribution is -2.32. The predicted molar refractivity (Wildman–Crippen MR) is 70.2 cm³/mol. The lowest BCUT2D eigenvalue weighted by Gasteiger charge is -2.25. The third-order valence-corrected chi connectivity index (χ3v) is 2.76. The van der Waals surface area contributed by atoms with E-state index >= 15 is 0 Å². The summed E-state index contributed by atoms with van der Waals surface area (Å²) in [6.07, 6.45) is 0. The van der Waals surface area contributed by atoms with Gasteiger partial charge in [0.2, 0.25) is 0 Å². The van der Waals surface area contributed by atoms with Gasteiger partial charge in [0.25, 0.3) is 0 Å². The van der Waals surface area contributed by atoms with E-state index in [9.17, 15) is 8.78 Å². The fourth-order valence-electron chi connectivity index (χ4n) is 1.78. The zero-order valence-electron chi connectivity index (χ0n) is 11.3. The summed E-state index contributed by atoms with van der Waals surface area (Å²) in [5.74, 6) is -1.24. The Balaban J connectivity index is 2.99. The minimum atomic E-state index is -0.618. The van der Waals surface area contributed by atoms with Crippen LogP contribution in [-0.2, 0) is 16.0 Å². The van der Waals surface area contributed by atoms with E-state index in [-0.39, 0.29) is 12.2 Å². The molecule has 1 aromatic carbocycles. The van der Waals surface area contributed by atoms with Gasteiger partial charge < -0.3 is 20.1 Å². The zero-order chi connectivity index (χ0) is 14.3. The highest BCUT2D eigenvalue weighted by molar-refractivity contribution is 5.50. The quantitative estimate of drug-likeness (QED) is 0.781. The second kappa shape index (κ2) is 8.04. The molecule has 2 N–H and O–H groups in total. The molecule has 0 saturated heterocycles. The Kier molecular flexibility index (Phi) is 6.69. The zero-order valence-corrected chi connectivity index (χ0v) is 11.3. The molecule has 0 spiro atoms. The SMILES string of the molecule is COCCN(CCOC)c1c(F)cc(CN)cc1F. The average Bonchev–Trinajstić information content (AvgIpc) is 2.40. The lowest BCUT2D eigenvalue weighted by atomic mass is 10.1. The number of benzene rings is 1. The van der Waals surface area contributed by atoms with Crippen LogP contribution < -0.4 is 10.6 Å². The first-order valence-electron chi connectivity index (χ1n) is 6.04. The second-order valence-corrected chi connectivity index (χ2v) is 4.08. The maximum absolute atomic E-state index is 14.0. The molecule has 0 radical (unpaired) electrons. The smallest absolute Gasteiger partial charge is 0.149 e. The van der Waals surface area contributed by atoms with Gasteiger partial charge in [-0.25, -0.2) is 8.78 Å². The van der Waals surface area contributed by atoms with Gasteiger partial charge in [0.05, 0.1) is 13.2 Å². The fraction of sp³-hybridized carbons (Fsp3) is 0.538. The third kappa shape index (κ3) is 4.41. The number of nitrogens with zero attached hydrogens (tertiary/aromatic N) is 1. The van der Waals surface area contributed by atoms with Crippen LogP contribution in [0.2, 0.25) is 0 Å². The van der Waals surface area contributed by atoms with E-state index in [1.165, 1.54) is 12.1 Å². The van der Waals surface area contributed by atoms with E-state index in [0.717, 1.165) is 0 Å². The molecule has 6 heteroatoms. The molecule has 108 valence electrons. The summed E-state index contributed by atoms with van der Waals surface area (Å²) < 4.78 is 37.9. The molecule has 0 unspecified atom stereocenters.